The van der Waals surface area contributed by atoms with Crippen LogP contribution in [0.4, 0.5) is 0 Å². The molecule has 0 unspecified atom stereocenters. The molecule has 1 aliphatic heterocycles. The molecule has 6 nitrogen and oxygen atoms in total. The number of carboxylic acids is 1. The maximum absolute atomic E-state index is 11.9. The summed E-state index contributed by atoms with van der Waals surface area (Å²) in [5.74, 6) is -0.972. The zero-order valence-corrected chi connectivity index (χ0v) is 11.4. The zero-order valence-electron chi connectivity index (χ0n) is 10.6. The molecular formula is C12H16N2O4S. The highest BCUT2D eigenvalue weighted by Gasteiger charge is 2.28. The van der Waals surface area contributed by atoms with Crippen molar-refractivity contribution in [1.82, 2.24) is 9.03 Å². The lowest BCUT2D eigenvalue weighted by atomic mass is 9.95. The van der Waals surface area contributed by atoms with Crippen LogP contribution >= 0.6 is 0 Å². The summed E-state index contributed by atoms with van der Waals surface area (Å²) in [6.45, 7) is 2.57. The fourth-order valence-electron chi connectivity index (χ4n) is 2.26. The lowest BCUT2D eigenvalue weighted by Gasteiger charge is -2.28. The molecule has 104 valence electrons. The molecule has 1 aromatic carbocycles. The molecule has 0 saturated carbocycles. The first-order valence-corrected chi connectivity index (χ1v) is 7.48. The van der Waals surface area contributed by atoms with Crippen molar-refractivity contribution < 1.29 is 18.3 Å². The van der Waals surface area contributed by atoms with Crippen LogP contribution in [0.15, 0.2) is 18.2 Å². The molecule has 0 amide bonds. The average Bonchev–Trinajstić information content (AvgIpc) is 2.37. The minimum atomic E-state index is -3.47. The molecule has 0 atom stereocenters. The van der Waals surface area contributed by atoms with Crippen molar-refractivity contribution in [2.75, 3.05) is 13.1 Å². The molecule has 0 aromatic heterocycles. The number of hydrogen-bond acceptors (Lipinski definition) is 3. The molecule has 0 radical (unpaired) electrons. The normalized spacial score (nSPS) is 16.1. The van der Waals surface area contributed by atoms with Gasteiger partial charge in [-0.05, 0) is 23.6 Å². The fourth-order valence-corrected chi connectivity index (χ4v) is 3.45. The average molecular weight is 284 g/mol. The van der Waals surface area contributed by atoms with Crippen LogP contribution < -0.4 is 4.72 Å². The standard InChI is InChI=1S/C12H16N2O4S/c1-2-13-19(17,18)14-7-6-10-9(8-14)4-3-5-11(10)12(15)16/h3-5,13H,2,6-8H2,1H3,(H,15,16). The zero-order chi connectivity index (χ0) is 14.0. The van der Waals surface area contributed by atoms with Gasteiger partial charge in [0.25, 0.3) is 10.2 Å². The Morgan fingerprint density at radius 1 is 1.47 bits per heavy atom. The maximum Gasteiger partial charge on any atom is 0.335 e. The predicted octanol–water partition coefficient (Wildman–Crippen LogP) is 0.597. The van der Waals surface area contributed by atoms with E-state index >= 15 is 0 Å². The van der Waals surface area contributed by atoms with Gasteiger partial charge in [-0.1, -0.05) is 19.1 Å². The van der Waals surface area contributed by atoms with Gasteiger partial charge in [0.05, 0.1) is 5.56 Å². The van der Waals surface area contributed by atoms with Crippen LogP contribution in [-0.2, 0) is 23.2 Å². The number of hydrogen-bond donors (Lipinski definition) is 2. The third-order valence-corrected chi connectivity index (χ3v) is 4.77. The highest BCUT2D eigenvalue weighted by Crippen LogP contribution is 2.23. The Morgan fingerprint density at radius 3 is 2.84 bits per heavy atom. The third kappa shape index (κ3) is 2.78. The highest BCUT2D eigenvalue weighted by molar-refractivity contribution is 7.87. The summed E-state index contributed by atoms with van der Waals surface area (Å²) < 4.78 is 27.6. The van der Waals surface area contributed by atoms with Crippen LogP contribution in [0.5, 0.6) is 0 Å². The Balaban J connectivity index is 2.31. The Labute approximate surface area is 112 Å². The quantitative estimate of drug-likeness (QED) is 0.847. The molecule has 1 heterocycles. The maximum atomic E-state index is 11.9. The summed E-state index contributed by atoms with van der Waals surface area (Å²) >= 11 is 0. The van der Waals surface area contributed by atoms with E-state index in [1.54, 1.807) is 25.1 Å². The first-order chi connectivity index (χ1) is 8.95. The molecule has 7 heteroatoms. The SMILES string of the molecule is CCNS(=O)(=O)N1CCc2c(cccc2C(=O)O)C1. The second-order valence-electron chi connectivity index (χ2n) is 4.33. The first-order valence-electron chi connectivity index (χ1n) is 6.04. The Bertz CT molecular complexity index is 598. The van der Waals surface area contributed by atoms with Gasteiger partial charge < -0.3 is 5.11 Å². The van der Waals surface area contributed by atoms with Crippen LogP contribution in [0.1, 0.15) is 28.4 Å². The van der Waals surface area contributed by atoms with E-state index in [1.165, 1.54) is 4.31 Å². The van der Waals surface area contributed by atoms with Crippen molar-refractivity contribution >= 4 is 16.2 Å². The summed E-state index contributed by atoms with van der Waals surface area (Å²) in [5.41, 5.74) is 1.75. The molecule has 0 fully saturated rings. The smallest absolute Gasteiger partial charge is 0.335 e. The number of aromatic carboxylic acids is 1. The Hall–Kier alpha value is -1.44. The van der Waals surface area contributed by atoms with Gasteiger partial charge in [0.1, 0.15) is 0 Å². The molecule has 0 spiro atoms. The monoisotopic (exact) mass is 284 g/mol. The molecule has 0 aliphatic carbocycles. The molecule has 0 saturated heterocycles. The van der Waals surface area contributed by atoms with Gasteiger partial charge in [-0.15, -0.1) is 0 Å². The third-order valence-electron chi connectivity index (χ3n) is 3.13. The lowest BCUT2D eigenvalue weighted by Crippen LogP contribution is -2.43. The van der Waals surface area contributed by atoms with Crippen molar-refractivity contribution in [3.05, 3.63) is 34.9 Å². The van der Waals surface area contributed by atoms with Gasteiger partial charge in [0.2, 0.25) is 0 Å². The molecule has 2 rings (SSSR count). The molecular weight excluding hydrogens is 268 g/mol. The summed E-state index contributed by atoms with van der Waals surface area (Å²) in [7, 11) is -3.47. The molecule has 19 heavy (non-hydrogen) atoms. The molecule has 1 aliphatic rings. The van der Waals surface area contributed by atoms with Gasteiger partial charge in [-0.25, -0.2) is 9.52 Å². The van der Waals surface area contributed by atoms with Crippen LogP contribution in [0.3, 0.4) is 0 Å². The van der Waals surface area contributed by atoms with Crippen molar-refractivity contribution in [1.29, 1.82) is 0 Å². The second-order valence-corrected chi connectivity index (χ2v) is 6.09. The van der Waals surface area contributed by atoms with E-state index in [-0.39, 0.29) is 12.1 Å². The number of carboxylic acid groups (broad SMARTS) is 1. The molecule has 0 bridgehead atoms. The Kier molecular flexibility index (Phi) is 3.88. The summed E-state index contributed by atoms with van der Waals surface area (Å²) in [6, 6.07) is 4.97. The van der Waals surface area contributed by atoms with Crippen LogP contribution in [0.2, 0.25) is 0 Å². The van der Waals surface area contributed by atoms with Gasteiger partial charge in [-0.3, -0.25) is 0 Å². The van der Waals surface area contributed by atoms with Gasteiger partial charge in [0, 0.05) is 19.6 Å². The number of rotatable bonds is 4. The second kappa shape index (κ2) is 5.28. The topological polar surface area (TPSA) is 86.7 Å². The van der Waals surface area contributed by atoms with Crippen LogP contribution in [0.25, 0.3) is 0 Å². The molecule has 2 N–H and O–H groups in total. The van der Waals surface area contributed by atoms with Crippen molar-refractivity contribution in [2.45, 2.75) is 19.9 Å². The fraction of sp³-hybridized carbons (Fsp3) is 0.417. The van der Waals surface area contributed by atoms with E-state index < -0.39 is 16.2 Å². The van der Waals surface area contributed by atoms with Crippen LogP contribution in [0, 0.1) is 0 Å². The van der Waals surface area contributed by atoms with Crippen molar-refractivity contribution in [2.24, 2.45) is 0 Å². The van der Waals surface area contributed by atoms with Crippen LogP contribution in [-0.4, -0.2) is 36.9 Å². The lowest BCUT2D eigenvalue weighted by molar-refractivity contribution is 0.0695. The van der Waals surface area contributed by atoms with E-state index in [1.807, 2.05) is 0 Å². The van der Waals surface area contributed by atoms with Gasteiger partial charge >= 0.3 is 5.97 Å². The predicted molar refractivity (Wildman–Crippen MR) is 70.1 cm³/mol. The number of fused-ring (bicyclic) bond motifs is 1. The summed E-state index contributed by atoms with van der Waals surface area (Å²) in [4.78, 5) is 11.1. The number of nitrogens with zero attached hydrogens (tertiary/aromatic N) is 1. The largest absolute Gasteiger partial charge is 0.478 e. The highest BCUT2D eigenvalue weighted by atomic mass is 32.2. The van der Waals surface area contributed by atoms with Crippen molar-refractivity contribution in [3.63, 3.8) is 0 Å². The van der Waals surface area contributed by atoms with E-state index in [9.17, 15) is 13.2 Å². The summed E-state index contributed by atoms with van der Waals surface area (Å²) in [6.07, 6.45) is 0.419. The van der Waals surface area contributed by atoms with E-state index in [2.05, 4.69) is 4.72 Å². The minimum absolute atomic E-state index is 0.214. The van der Waals surface area contributed by atoms with E-state index in [4.69, 9.17) is 5.11 Å². The first kappa shape index (κ1) is 14.0. The van der Waals surface area contributed by atoms with Gasteiger partial charge in [0.15, 0.2) is 0 Å². The Morgan fingerprint density at radius 2 is 2.21 bits per heavy atom. The number of nitrogens with one attached hydrogen (secondary N) is 1. The van der Waals surface area contributed by atoms with E-state index in [0.29, 0.717) is 19.5 Å². The number of carbonyl (C=O) groups is 1. The minimum Gasteiger partial charge on any atom is -0.478 e. The summed E-state index contributed by atoms with van der Waals surface area (Å²) in [5, 5.41) is 9.11. The van der Waals surface area contributed by atoms with Crippen molar-refractivity contribution in [3.8, 4) is 0 Å². The number of benzene rings is 1. The molecule has 1 aromatic rings. The van der Waals surface area contributed by atoms with E-state index in [0.717, 1.165) is 11.1 Å². The van der Waals surface area contributed by atoms with Gasteiger partial charge in [-0.2, -0.15) is 12.7 Å².